The highest BCUT2D eigenvalue weighted by Gasteiger charge is 2.60. The molecule has 30 heavy (non-hydrogen) atoms. The molecule has 1 saturated carbocycles. The maximum atomic E-state index is 13.0. The van der Waals surface area contributed by atoms with Crippen molar-refractivity contribution in [2.75, 3.05) is 11.9 Å². The average Bonchev–Trinajstić information content (AvgIpc) is 3.45. The van der Waals surface area contributed by atoms with Crippen LogP contribution in [0.1, 0.15) is 23.5 Å². The monoisotopic (exact) mass is 486 g/mol. The molecule has 4 rings (SSSR count). The first-order valence-corrected chi connectivity index (χ1v) is 10.7. The third-order valence-corrected chi connectivity index (χ3v) is 6.08. The van der Waals surface area contributed by atoms with Crippen LogP contribution in [0.4, 0.5) is 5.82 Å². The van der Waals surface area contributed by atoms with Crippen LogP contribution in [-0.2, 0) is 10.2 Å². The lowest BCUT2D eigenvalue weighted by Crippen LogP contribution is -2.27. The maximum absolute atomic E-state index is 13.0. The number of pyridine rings is 1. The fraction of sp³-hybridized carbons (Fsp3) is 0.273. The van der Waals surface area contributed by atoms with E-state index in [4.69, 9.17) is 16.3 Å². The summed E-state index contributed by atoms with van der Waals surface area (Å²) in [4.78, 5) is 25.7. The summed E-state index contributed by atoms with van der Waals surface area (Å²) in [5, 5.41) is 3.41. The van der Waals surface area contributed by atoms with E-state index in [1.54, 1.807) is 18.3 Å². The van der Waals surface area contributed by atoms with Gasteiger partial charge in [-0.15, -0.1) is 0 Å². The van der Waals surface area contributed by atoms with Crippen molar-refractivity contribution in [3.63, 3.8) is 0 Å². The summed E-state index contributed by atoms with van der Waals surface area (Å²) in [6.07, 6.45) is 3.87. The molecule has 1 aliphatic carbocycles. The number of amides is 1. The van der Waals surface area contributed by atoms with Gasteiger partial charge in [-0.05, 0) is 50.1 Å². The van der Waals surface area contributed by atoms with Gasteiger partial charge in [0.25, 0.3) is 0 Å². The highest BCUT2D eigenvalue weighted by molar-refractivity contribution is 9.10. The second kappa shape index (κ2) is 8.32. The van der Waals surface area contributed by atoms with Crippen LogP contribution in [0, 0.1) is 19.8 Å². The number of aryl methyl sites for hydroxylation is 2. The largest absolute Gasteiger partial charge is 0.489 e. The molecule has 0 unspecified atom stereocenters. The van der Waals surface area contributed by atoms with E-state index in [0.717, 1.165) is 15.7 Å². The van der Waals surface area contributed by atoms with Crippen molar-refractivity contribution in [2.45, 2.75) is 25.7 Å². The molecule has 1 N–H and O–H groups in total. The van der Waals surface area contributed by atoms with Gasteiger partial charge in [-0.2, -0.15) is 0 Å². The maximum Gasteiger partial charge on any atom is 0.229 e. The van der Waals surface area contributed by atoms with Crippen LogP contribution < -0.4 is 10.1 Å². The lowest BCUT2D eigenvalue weighted by molar-refractivity contribution is -0.117. The molecular weight excluding hydrogens is 468 g/mol. The third-order valence-electron chi connectivity index (χ3n) is 5.33. The normalized spacial score (nSPS) is 19.9. The number of carbonyl (C=O) groups excluding carboxylic acids is 1. The van der Waals surface area contributed by atoms with Crippen LogP contribution in [0.3, 0.4) is 0 Å². The quantitative estimate of drug-likeness (QED) is 0.536. The molecule has 1 fully saturated rings. The molecule has 0 saturated heterocycles. The zero-order valence-corrected chi connectivity index (χ0v) is 18.9. The Bertz CT molecular complexity index is 1080. The predicted molar refractivity (Wildman–Crippen MR) is 119 cm³/mol. The van der Waals surface area contributed by atoms with Gasteiger partial charge in [0.1, 0.15) is 11.6 Å². The minimum Gasteiger partial charge on any atom is -0.489 e. The number of anilines is 1. The van der Waals surface area contributed by atoms with E-state index in [2.05, 4.69) is 36.2 Å². The molecule has 0 radical (unpaired) electrons. The molecule has 2 aromatic heterocycles. The van der Waals surface area contributed by atoms with Crippen LogP contribution in [0.2, 0.25) is 5.02 Å². The average molecular weight is 488 g/mol. The Kier molecular flexibility index (Phi) is 5.75. The predicted octanol–water partition coefficient (Wildman–Crippen LogP) is 4.88. The molecule has 1 amide bonds. The number of halogens is 2. The molecule has 1 aromatic carbocycles. The van der Waals surface area contributed by atoms with Gasteiger partial charge in [0.15, 0.2) is 5.75 Å². The summed E-state index contributed by atoms with van der Waals surface area (Å²) in [7, 11) is 0. The molecule has 0 aliphatic heterocycles. The van der Waals surface area contributed by atoms with E-state index in [1.807, 2.05) is 38.1 Å². The Balaban J connectivity index is 1.55. The van der Waals surface area contributed by atoms with E-state index in [9.17, 15) is 4.79 Å². The molecule has 154 valence electrons. The van der Waals surface area contributed by atoms with Crippen molar-refractivity contribution in [3.05, 3.63) is 75.4 Å². The zero-order chi connectivity index (χ0) is 21.3. The summed E-state index contributed by atoms with van der Waals surface area (Å²) < 4.78 is 7.08. The van der Waals surface area contributed by atoms with Crippen molar-refractivity contribution in [1.29, 1.82) is 0 Å². The number of hydrogen-bond acceptors (Lipinski definition) is 5. The summed E-state index contributed by atoms with van der Waals surface area (Å²) in [6.45, 7) is 4.08. The Morgan fingerprint density at radius 1 is 1.20 bits per heavy atom. The molecular formula is C22H20BrClN4O2. The number of hydrogen-bond donors (Lipinski definition) is 1. The van der Waals surface area contributed by atoms with Crippen molar-refractivity contribution < 1.29 is 9.53 Å². The number of benzene rings is 1. The first-order chi connectivity index (χ1) is 14.4. The smallest absolute Gasteiger partial charge is 0.229 e. The van der Waals surface area contributed by atoms with Gasteiger partial charge < -0.3 is 10.1 Å². The second-order valence-electron chi connectivity index (χ2n) is 7.43. The van der Waals surface area contributed by atoms with E-state index >= 15 is 0 Å². The fourth-order valence-electron chi connectivity index (χ4n) is 3.58. The van der Waals surface area contributed by atoms with Gasteiger partial charge >= 0.3 is 0 Å². The van der Waals surface area contributed by atoms with E-state index < -0.39 is 5.41 Å². The number of nitrogens with zero attached hydrogens (tertiary/aromatic N) is 3. The van der Waals surface area contributed by atoms with Gasteiger partial charge in [0.2, 0.25) is 5.91 Å². The third kappa shape index (κ3) is 4.32. The Hall–Kier alpha value is -2.51. The number of aromatic nitrogens is 3. The van der Waals surface area contributed by atoms with Crippen LogP contribution in [-0.4, -0.2) is 27.5 Å². The molecule has 8 heteroatoms. The van der Waals surface area contributed by atoms with Gasteiger partial charge in [0, 0.05) is 16.1 Å². The Morgan fingerprint density at radius 2 is 1.97 bits per heavy atom. The van der Waals surface area contributed by atoms with Crippen LogP contribution >= 0.6 is 27.5 Å². The van der Waals surface area contributed by atoms with Crippen molar-refractivity contribution in [3.8, 4) is 5.75 Å². The number of carbonyl (C=O) groups is 1. The summed E-state index contributed by atoms with van der Waals surface area (Å²) in [5.41, 5.74) is 1.41. The summed E-state index contributed by atoms with van der Waals surface area (Å²) >= 11 is 9.35. The Labute approximate surface area is 188 Å². The topological polar surface area (TPSA) is 77.0 Å². The first-order valence-electron chi connectivity index (χ1n) is 9.49. The van der Waals surface area contributed by atoms with Crippen molar-refractivity contribution >= 4 is 39.3 Å². The first kappa shape index (κ1) is 20.8. The lowest BCUT2D eigenvalue weighted by atomic mass is 9.93. The standard InChI is InChI=1S/C22H20BrClN4O2/c1-13-19(11-25-14(2)27-13)30-12-22(15-3-5-16(23)6-4-15)9-18(22)21(29)28-20-8-7-17(24)10-26-20/h3-8,10-11,18H,9,12H2,1-2H3,(H,26,28,29)/t18-,22+/m0/s1. The van der Waals surface area contributed by atoms with Crippen LogP contribution in [0.5, 0.6) is 5.75 Å². The highest BCUT2D eigenvalue weighted by atomic mass is 79.9. The fourth-order valence-corrected chi connectivity index (χ4v) is 3.95. The summed E-state index contributed by atoms with van der Waals surface area (Å²) in [5.74, 6) is 1.48. The molecule has 2 heterocycles. The molecule has 0 bridgehead atoms. The Morgan fingerprint density at radius 3 is 2.63 bits per heavy atom. The van der Waals surface area contributed by atoms with Crippen molar-refractivity contribution in [1.82, 2.24) is 15.0 Å². The van der Waals surface area contributed by atoms with Gasteiger partial charge in [-0.3, -0.25) is 4.79 Å². The van der Waals surface area contributed by atoms with Gasteiger partial charge in [0.05, 0.1) is 29.4 Å². The highest BCUT2D eigenvalue weighted by Crippen LogP contribution is 2.55. The summed E-state index contributed by atoms with van der Waals surface area (Å²) in [6, 6.07) is 11.4. The van der Waals surface area contributed by atoms with E-state index in [-0.39, 0.29) is 11.8 Å². The SMILES string of the molecule is Cc1ncc(OC[C@@]2(c3ccc(Br)cc3)C[C@H]2C(=O)Nc2ccc(Cl)cn2)c(C)n1. The molecule has 2 atom stereocenters. The van der Waals surface area contributed by atoms with Crippen molar-refractivity contribution in [2.24, 2.45) is 5.92 Å². The molecule has 0 spiro atoms. The number of ether oxygens (including phenoxy) is 1. The van der Waals surface area contributed by atoms with E-state index in [0.29, 0.717) is 35.4 Å². The molecule has 3 aromatic rings. The molecule has 1 aliphatic rings. The minimum absolute atomic E-state index is 0.0896. The number of rotatable bonds is 6. The lowest BCUT2D eigenvalue weighted by Gasteiger charge is -2.20. The van der Waals surface area contributed by atoms with Crippen LogP contribution in [0.15, 0.2) is 53.3 Å². The number of nitrogens with one attached hydrogen (secondary N) is 1. The zero-order valence-electron chi connectivity index (χ0n) is 16.5. The van der Waals surface area contributed by atoms with E-state index in [1.165, 1.54) is 6.20 Å². The van der Waals surface area contributed by atoms with Gasteiger partial charge in [-0.25, -0.2) is 15.0 Å². The molecule has 6 nitrogen and oxygen atoms in total. The second-order valence-corrected chi connectivity index (χ2v) is 8.78. The van der Waals surface area contributed by atoms with Crippen LogP contribution in [0.25, 0.3) is 0 Å². The van der Waals surface area contributed by atoms with Gasteiger partial charge in [-0.1, -0.05) is 39.7 Å². The minimum atomic E-state index is -0.422.